The van der Waals surface area contributed by atoms with Gasteiger partial charge in [0.2, 0.25) is 10.0 Å². The van der Waals surface area contributed by atoms with Crippen LogP contribution in [0.3, 0.4) is 0 Å². The maximum atomic E-state index is 12.3. The summed E-state index contributed by atoms with van der Waals surface area (Å²) < 4.78 is 27.1. The van der Waals surface area contributed by atoms with Crippen LogP contribution in [0.4, 0.5) is 0 Å². The predicted octanol–water partition coefficient (Wildman–Crippen LogP) is 2.03. The first-order valence-electron chi connectivity index (χ1n) is 7.04. The van der Waals surface area contributed by atoms with Gasteiger partial charge in [0.05, 0.1) is 16.6 Å². The van der Waals surface area contributed by atoms with Crippen molar-refractivity contribution in [3.05, 3.63) is 57.5 Å². The molecule has 23 heavy (non-hydrogen) atoms. The Morgan fingerprint density at radius 2 is 2.00 bits per heavy atom. The Bertz CT molecular complexity index is 989. The van der Waals surface area contributed by atoms with E-state index in [-0.39, 0.29) is 17.0 Å². The summed E-state index contributed by atoms with van der Waals surface area (Å²) >= 11 is 1.30. The minimum absolute atomic E-state index is 0.123. The molecule has 1 aromatic carbocycles. The van der Waals surface area contributed by atoms with Crippen molar-refractivity contribution >= 4 is 31.6 Å². The number of rotatable bonds is 5. The summed E-state index contributed by atoms with van der Waals surface area (Å²) in [5.74, 6) is 0. The zero-order valence-corrected chi connectivity index (χ0v) is 14.0. The number of aromatic amines is 1. The zero-order valence-electron chi connectivity index (χ0n) is 12.4. The van der Waals surface area contributed by atoms with Gasteiger partial charge in [-0.15, -0.1) is 11.3 Å². The van der Waals surface area contributed by atoms with Crippen molar-refractivity contribution in [2.45, 2.75) is 24.8 Å². The molecule has 0 aliphatic carbocycles. The van der Waals surface area contributed by atoms with E-state index in [2.05, 4.69) is 14.7 Å². The number of thiophene rings is 1. The Balaban J connectivity index is 1.79. The average molecular weight is 349 g/mol. The number of sulfonamides is 1. The lowest BCUT2D eigenvalue weighted by Crippen LogP contribution is -2.22. The molecular formula is C15H15N3O3S2. The first-order valence-corrected chi connectivity index (χ1v) is 9.34. The summed E-state index contributed by atoms with van der Waals surface area (Å²) in [6.45, 7) is 2.14. The van der Waals surface area contributed by atoms with Gasteiger partial charge in [0, 0.05) is 11.4 Å². The van der Waals surface area contributed by atoms with E-state index >= 15 is 0 Å². The van der Waals surface area contributed by atoms with Gasteiger partial charge in [-0.25, -0.2) is 18.1 Å². The first kappa shape index (κ1) is 15.9. The van der Waals surface area contributed by atoms with E-state index in [4.69, 9.17) is 0 Å². The van der Waals surface area contributed by atoms with E-state index < -0.39 is 10.0 Å². The quantitative estimate of drug-likeness (QED) is 0.737. The molecule has 2 aromatic heterocycles. The van der Waals surface area contributed by atoms with Gasteiger partial charge in [0.1, 0.15) is 4.83 Å². The highest BCUT2D eigenvalue weighted by atomic mass is 32.2. The molecule has 3 rings (SSSR count). The molecule has 0 amide bonds. The maximum Gasteiger partial charge on any atom is 0.259 e. The normalized spacial score (nSPS) is 11.9. The molecule has 0 saturated carbocycles. The molecule has 0 bridgehead atoms. The standard InChI is InChI=1S/C15H15N3O3S2/c1-2-10-3-5-12(6-4-10)23(20,21)18-8-11-7-13-14(19)16-9-17-15(13)22-11/h3-7,9,18H,2,8H2,1H3,(H,16,17,19). The van der Waals surface area contributed by atoms with Gasteiger partial charge in [-0.3, -0.25) is 4.79 Å². The van der Waals surface area contributed by atoms with Gasteiger partial charge in [-0.2, -0.15) is 0 Å². The molecule has 0 spiro atoms. The Hall–Kier alpha value is -2.03. The number of benzene rings is 1. The van der Waals surface area contributed by atoms with Crippen LogP contribution in [-0.2, 0) is 23.0 Å². The van der Waals surface area contributed by atoms with Gasteiger partial charge < -0.3 is 4.98 Å². The minimum atomic E-state index is -3.58. The van der Waals surface area contributed by atoms with Crippen LogP contribution in [0, 0.1) is 0 Å². The van der Waals surface area contributed by atoms with Crippen LogP contribution in [0.1, 0.15) is 17.4 Å². The number of hydrogen-bond acceptors (Lipinski definition) is 5. The Kier molecular flexibility index (Phi) is 4.29. The molecule has 0 aliphatic rings. The van der Waals surface area contributed by atoms with Crippen molar-refractivity contribution in [3.8, 4) is 0 Å². The molecule has 3 aromatic rings. The number of nitrogens with one attached hydrogen (secondary N) is 2. The second kappa shape index (κ2) is 6.23. The van der Waals surface area contributed by atoms with E-state index in [0.717, 1.165) is 16.9 Å². The van der Waals surface area contributed by atoms with Crippen molar-refractivity contribution in [3.63, 3.8) is 0 Å². The monoisotopic (exact) mass is 349 g/mol. The third-order valence-electron chi connectivity index (χ3n) is 3.46. The van der Waals surface area contributed by atoms with Crippen molar-refractivity contribution in [1.82, 2.24) is 14.7 Å². The molecule has 0 unspecified atom stereocenters. The van der Waals surface area contributed by atoms with Crippen LogP contribution >= 0.6 is 11.3 Å². The third kappa shape index (κ3) is 3.34. The van der Waals surface area contributed by atoms with Crippen molar-refractivity contribution in [2.24, 2.45) is 0 Å². The number of hydrogen-bond donors (Lipinski definition) is 2. The number of aromatic nitrogens is 2. The molecule has 0 aliphatic heterocycles. The van der Waals surface area contributed by atoms with Gasteiger partial charge >= 0.3 is 0 Å². The van der Waals surface area contributed by atoms with E-state index in [1.54, 1.807) is 30.3 Å². The van der Waals surface area contributed by atoms with Crippen molar-refractivity contribution in [2.75, 3.05) is 0 Å². The first-order chi connectivity index (χ1) is 11.0. The van der Waals surface area contributed by atoms with Crippen LogP contribution in [0.25, 0.3) is 10.2 Å². The van der Waals surface area contributed by atoms with Gasteiger partial charge in [0.25, 0.3) is 5.56 Å². The molecule has 2 N–H and O–H groups in total. The molecule has 2 heterocycles. The van der Waals surface area contributed by atoms with Crippen LogP contribution in [-0.4, -0.2) is 18.4 Å². The van der Waals surface area contributed by atoms with E-state index in [9.17, 15) is 13.2 Å². The summed E-state index contributed by atoms with van der Waals surface area (Å²) in [6.07, 6.45) is 2.20. The van der Waals surface area contributed by atoms with E-state index in [1.165, 1.54) is 17.7 Å². The summed E-state index contributed by atoms with van der Waals surface area (Å²) in [4.78, 5) is 19.8. The zero-order chi connectivity index (χ0) is 16.4. The largest absolute Gasteiger partial charge is 0.313 e. The topological polar surface area (TPSA) is 91.9 Å². The molecular weight excluding hydrogens is 334 g/mol. The van der Waals surface area contributed by atoms with Crippen molar-refractivity contribution < 1.29 is 8.42 Å². The lowest BCUT2D eigenvalue weighted by atomic mass is 10.2. The average Bonchev–Trinajstić information content (AvgIpc) is 2.98. The van der Waals surface area contributed by atoms with Crippen LogP contribution in [0.2, 0.25) is 0 Å². The van der Waals surface area contributed by atoms with Gasteiger partial charge in [0.15, 0.2) is 0 Å². The van der Waals surface area contributed by atoms with Crippen LogP contribution in [0.5, 0.6) is 0 Å². The second-order valence-corrected chi connectivity index (χ2v) is 7.87. The predicted molar refractivity (Wildman–Crippen MR) is 90.1 cm³/mol. The maximum absolute atomic E-state index is 12.3. The lowest BCUT2D eigenvalue weighted by Gasteiger charge is -2.06. The second-order valence-electron chi connectivity index (χ2n) is 4.99. The van der Waals surface area contributed by atoms with Crippen molar-refractivity contribution in [1.29, 1.82) is 0 Å². The molecule has 0 radical (unpaired) electrons. The molecule has 0 saturated heterocycles. The molecule has 0 fully saturated rings. The van der Waals surface area contributed by atoms with Crippen LogP contribution < -0.4 is 10.3 Å². The molecule has 120 valence electrons. The lowest BCUT2D eigenvalue weighted by molar-refractivity contribution is 0.582. The fourth-order valence-electron chi connectivity index (χ4n) is 2.16. The fraction of sp³-hybridized carbons (Fsp3) is 0.200. The summed E-state index contributed by atoms with van der Waals surface area (Å²) in [7, 11) is -3.58. The number of nitrogens with zero attached hydrogens (tertiary/aromatic N) is 1. The number of aryl methyl sites for hydroxylation is 1. The highest BCUT2D eigenvalue weighted by molar-refractivity contribution is 7.89. The van der Waals surface area contributed by atoms with E-state index in [0.29, 0.717) is 10.2 Å². The fourth-order valence-corrected chi connectivity index (χ4v) is 4.19. The Labute approximate surface area is 137 Å². The highest BCUT2D eigenvalue weighted by Gasteiger charge is 2.14. The summed E-state index contributed by atoms with van der Waals surface area (Å²) in [5, 5.41) is 0.471. The Morgan fingerprint density at radius 3 is 2.65 bits per heavy atom. The summed E-state index contributed by atoms with van der Waals surface area (Å²) in [6, 6.07) is 8.46. The number of fused-ring (bicyclic) bond motifs is 1. The molecule has 8 heteroatoms. The highest BCUT2D eigenvalue weighted by Crippen LogP contribution is 2.21. The van der Waals surface area contributed by atoms with Crippen LogP contribution in [0.15, 0.2) is 46.3 Å². The van der Waals surface area contributed by atoms with Gasteiger partial charge in [-0.05, 0) is 30.2 Å². The minimum Gasteiger partial charge on any atom is -0.313 e. The Morgan fingerprint density at radius 1 is 1.26 bits per heavy atom. The van der Waals surface area contributed by atoms with Gasteiger partial charge in [-0.1, -0.05) is 19.1 Å². The molecule has 6 nitrogen and oxygen atoms in total. The molecule has 0 atom stereocenters. The smallest absolute Gasteiger partial charge is 0.259 e. The summed E-state index contributed by atoms with van der Waals surface area (Å²) in [5.41, 5.74) is 0.856. The third-order valence-corrected chi connectivity index (χ3v) is 5.92. The van der Waals surface area contributed by atoms with E-state index in [1.807, 2.05) is 6.92 Å². The number of H-pyrrole nitrogens is 1. The SMILES string of the molecule is CCc1ccc(S(=O)(=O)NCc2cc3c(=O)[nH]cnc3s2)cc1.